The van der Waals surface area contributed by atoms with Crippen molar-refractivity contribution < 1.29 is 4.79 Å². The molecule has 0 bridgehead atoms. The molecule has 0 saturated carbocycles. The van der Waals surface area contributed by atoms with Gasteiger partial charge in [-0.2, -0.15) is 0 Å². The zero-order valence-corrected chi connectivity index (χ0v) is 17.0. The first-order chi connectivity index (χ1) is 13.7. The Kier molecular flexibility index (Phi) is 5.47. The van der Waals surface area contributed by atoms with E-state index in [1.165, 1.54) is 6.33 Å². The molecule has 0 N–H and O–H groups in total. The predicted molar refractivity (Wildman–Crippen MR) is 111 cm³/mol. The van der Waals surface area contributed by atoms with E-state index >= 15 is 0 Å². The van der Waals surface area contributed by atoms with Crippen molar-refractivity contribution >= 4 is 32.7 Å². The average molecular weight is 397 g/mol. The lowest BCUT2D eigenvalue weighted by Crippen LogP contribution is -2.42. The molecular formula is C20H24N6OS. The summed E-state index contributed by atoms with van der Waals surface area (Å²) in [6.07, 6.45) is 6.81. The molecule has 3 aromatic rings. The first kappa shape index (κ1) is 18.7. The highest BCUT2D eigenvalue weighted by atomic mass is 32.1. The van der Waals surface area contributed by atoms with E-state index in [0.29, 0.717) is 5.91 Å². The third-order valence-electron chi connectivity index (χ3n) is 5.29. The lowest BCUT2D eigenvalue weighted by molar-refractivity contribution is -0.135. The number of fused-ring (bicyclic) bond motifs is 1. The van der Waals surface area contributed by atoms with Gasteiger partial charge in [-0.1, -0.05) is 11.3 Å². The number of hydrogen-bond acceptors (Lipinski definition) is 7. The molecule has 8 heteroatoms. The Morgan fingerprint density at radius 3 is 2.54 bits per heavy atom. The molecule has 146 valence electrons. The summed E-state index contributed by atoms with van der Waals surface area (Å²) in [7, 11) is 0. The summed E-state index contributed by atoms with van der Waals surface area (Å²) < 4.78 is 0. The minimum Gasteiger partial charge on any atom is -0.348 e. The van der Waals surface area contributed by atoms with Gasteiger partial charge in [0.05, 0.1) is 5.69 Å². The molecule has 1 saturated heterocycles. The molecule has 4 heterocycles. The summed E-state index contributed by atoms with van der Waals surface area (Å²) in [5.74, 6) is 0.429. The maximum Gasteiger partial charge on any atom is 0.225 e. The van der Waals surface area contributed by atoms with Crippen LogP contribution in [0.5, 0.6) is 0 Å². The van der Waals surface area contributed by atoms with Crippen LogP contribution < -0.4 is 4.90 Å². The van der Waals surface area contributed by atoms with Crippen LogP contribution in [-0.4, -0.2) is 56.9 Å². The maximum absolute atomic E-state index is 12.6. The van der Waals surface area contributed by atoms with E-state index in [-0.39, 0.29) is 5.92 Å². The predicted octanol–water partition coefficient (Wildman–Crippen LogP) is 3.23. The second-order valence-electron chi connectivity index (χ2n) is 6.92. The van der Waals surface area contributed by atoms with Gasteiger partial charge in [0.25, 0.3) is 0 Å². The van der Waals surface area contributed by atoms with Crippen LogP contribution in [-0.2, 0) is 4.79 Å². The van der Waals surface area contributed by atoms with Gasteiger partial charge >= 0.3 is 0 Å². The summed E-state index contributed by atoms with van der Waals surface area (Å²) in [6, 6.07) is 3.96. The molecule has 0 aromatic carbocycles. The van der Waals surface area contributed by atoms with Gasteiger partial charge in [-0.25, -0.2) is 19.9 Å². The number of amides is 1. The number of thiazole rings is 1. The summed E-state index contributed by atoms with van der Waals surface area (Å²) in [5.41, 5.74) is 2.66. The second-order valence-corrected chi connectivity index (χ2v) is 7.87. The number of carbonyl (C=O) groups excluding carboxylic acids is 1. The van der Waals surface area contributed by atoms with Crippen LogP contribution in [0.25, 0.3) is 21.6 Å². The Bertz CT molecular complexity index is 948. The third kappa shape index (κ3) is 3.69. The molecule has 28 heavy (non-hydrogen) atoms. The Labute approximate surface area is 168 Å². The second kappa shape index (κ2) is 8.18. The molecule has 1 fully saturated rings. The van der Waals surface area contributed by atoms with Crippen molar-refractivity contribution in [2.75, 3.05) is 31.1 Å². The van der Waals surface area contributed by atoms with E-state index in [0.717, 1.165) is 65.8 Å². The van der Waals surface area contributed by atoms with Gasteiger partial charge < -0.3 is 9.80 Å². The number of carbonyl (C=O) groups is 1. The molecule has 4 rings (SSSR count). The molecule has 1 aliphatic heterocycles. The SMILES string of the molecule is CCN(CC)C(=O)C1CCN(c2nc3ccc(-c4cncnc4)nc3s2)CC1. The minimum atomic E-state index is 0.133. The zero-order valence-electron chi connectivity index (χ0n) is 16.2. The number of nitrogens with zero attached hydrogens (tertiary/aromatic N) is 6. The highest BCUT2D eigenvalue weighted by Gasteiger charge is 2.28. The molecule has 1 amide bonds. The lowest BCUT2D eigenvalue weighted by Gasteiger charge is -2.33. The molecule has 0 radical (unpaired) electrons. The van der Waals surface area contributed by atoms with E-state index < -0.39 is 0 Å². The topological polar surface area (TPSA) is 75.1 Å². The van der Waals surface area contributed by atoms with Crippen molar-refractivity contribution in [3.63, 3.8) is 0 Å². The number of hydrogen-bond donors (Lipinski definition) is 0. The van der Waals surface area contributed by atoms with Crippen LogP contribution in [0, 0.1) is 5.92 Å². The Hall–Kier alpha value is -2.61. The summed E-state index contributed by atoms with van der Waals surface area (Å²) >= 11 is 1.61. The fourth-order valence-electron chi connectivity index (χ4n) is 3.64. The number of pyridine rings is 1. The van der Waals surface area contributed by atoms with Gasteiger partial charge in [-0.05, 0) is 38.8 Å². The van der Waals surface area contributed by atoms with Gasteiger partial charge in [0.15, 0.2) is 5.13 Å². The first-order valence-corrected chi connectivity index (χ1v) is 10.6. The van der Waals surface area contributed by atoms with Crippen LogP contribution in [0.3, 0.4) is 0 Å². The van der Waals surface area contributed by atoms with Gasteiger partial charge in [0, 0.05) is 50.1 Å². The average Bonchev–Trinajstić information content (AvgIpc) is 3.18. The van der Waals surface area contributed by atoms with Crippen molar-refractivity contribution in [3.05, 3.63) is 30.9 Å². The highest BCUT2D eigenvalue weighted by molar-refractivity contribution is 7.21. The van der Waals surface area contributed by atoms with E-state index in [2.05, 4.69) is 14.9 Å². The summed E-state index contributed by atoms with van der Waals surface area (Å²) in [4.78, 5) is 35.4. The summed E-state index contributed by atoms with van der Waals surface area (Å²) in [5, 5.41) is 0.984. The van der Waals surface area contributed by atoms with Crippen LogP contribution >= 0.6 is 11.3 Å². The van der Waals surface area contributed by atoms with Crippen LogP contribution in [0.15, 0.2) is 30.9 Å². The van der Waals surface area contributed by atoms with Crippen molar-refractivity contribution in [2.24, 2.45) is 5.92 Å². The number of rotatable bonds is 5. The van der Waals surface area contributed by atoms with E-state index in [9.17, 15) is 4.79 Å². The molecule has 0 unspecified atom stereocenters. The number of piperidine rings is 1. The maximum atomic E-state index is 12.6. The first-order valence-electron chi connectivity index (χ1n) is 9.76. The van der Waals surface area contributed by atoms with Crippen molar-refractivity contribution in [2.45, 2.75) is 26.7 Å². The molecule has 0 aliphatic carbocycles. The molecule has 3 aromatic heterocycles. The fourth-order valence-corrected chi connectivity index (χ4v) is 4.64. The Morgan fingerprint density at radius 2 is 1.86 bits per heavy atom. The summed E-state index contributed by atoms with van der Waals surface area (Å²) in [6.45, 7) is 7.37. The van der Waals surface area contributed by atoms with E-state index in [1.54, 1.807) is 23.7 Å². The van der Waals surface area contributed by atoms with Crippen molar-refractivity contribution in [1.82, 2.24) is 24.8 Å². The Balaban J connectivity index is 1.48. The minimum absolute atomic E-state index is 0.133. The van der Waals surface area contributed by atoms with Crippen LogP contribution in [0.4, 0.5) is 5.13 Å². The van der Waals surface area contributed by atoms with E-state index in [4.69, 9.17) is 9.97 Å². The van der Waals surface area contributed by atoms with Gasteiger partial charge in [0.2, 0.25) is 5.91 Å². The third-order valence-corrected chi connectivity index (χ3v) is 6.32. The molecular weight excluding hydrogens is 372 g/mol. The molecule has 7 nitrogen and oxygen atoms in total. The molecule has 0 spiro atoms. The monoisotopic (exact) mass is 396 g/mol. The van der Waals surface area contributed by atoms with Crippen LogP contribution in [0.2, 0.25) is 0 Å². The van der Waals surface area contributed by atoms with Crippen molar-refractivity contribution in [3.8, 4) is 11.3 Å². The fraction of sp³-hybridized carbons (Fsp3) is 0.450. The molecule has 1 aliphatic rings. The largest absolute Gasteiger partial charge is 0.348 e. The highest BCUT2D eigenvalue weighted by Crippen LogP contribution is 2.32. The quantitative estimate of drug-likeness (QED) is 0.659. The van der Waals surface area contributed by atoms with Gasteiger partial charge in [-0.3, -0.25) is 4.79 Å². The lowest BCUT2D eigenvalue weighted by atomic mass is 9.95. The van der Waals surface area contributed by atoms with Gasteiger partial charge in [0.1, 0.15) is 16.7 Å². The van der Waals surface area contributed by atoms with Gasteiger partial charge in [-0.15, -0.1) is 0 Å². The van der Waals surface area contributed by atoms with Crippen LogP contribution in [0.1, 0.15) is 26.7 Å². The zero-order chi connectivity index (χ0) is 19.5. The normalized spacial score (nSPS) is 15.1. The number of aromatic nitrogens is 4. The molecule has 0 atom stereocenters. The van der Waals surface area contributed by atoms with E-state index in [1.807, 2.05) is 30.9 Å². The standard InChI is InChI=1S/C20H24N6OS/c1-3-25(4-2)19(27)14-7-9-26(10-8-14)20-24-17-6-5-16(23-18(17)28-20)15-11-21-13-22-12-15/h5-6,11-14H,3-4,7-10H2,1-2H3. The Morgan fingerprint density at radius 1 is 1.14 bits per heavy atom. The smallest absolute Gasteiger partial charge is 0.225 e. The van der Waals surface area contributed by atoms with Crippen molar-refractivity contribution in [1.29, 1.82) is 0 Å². The number of anilines is 1.